The summed E-state index contributed by atoms with van der Waals surface area (Å²) in [4.78, 5) is 7.36. The Morgan fingerprint density at radius 3 is 2.27 bits per heavy atom. The molecule has 0 saturated carbocycles. The molecule has 2 fully saturated rings. The minimum absolute atomic E-state index is 0.707. The van der Waals surface area contributed by atoms with Gasteiger partial charge in [0, 0.05) is 26.2 Å². The monoisotopic (exact) mass is 211 g/mol. The van der Waals surface area contributed by atoms with Gasteiger partial charge in [0.2, 0.25) is 0 Å². The van der Waals surface area contributed by atoms with Crippen molar-refractivity contribution in [2.24, 2.45) is 5.41 Å². The van der Waals surface area contributed by atoms with Crippen molar-refractivity contribution < 1.29 is 0 Å². The lowest BCUT2D eigenvalue weighted by molar-refractivity contribution is -0.0439. The number of piperidine rings is 1. The van der Waals surface area contributed by atoms with Crippen molar-refractivity contribution in [2.75, 3.05) is 60.4 Å². The quantitative estimate of drug-likeness (QED) is 0.676. The van der Waals surface area contributed by atoms with Gasteiger partial charge in [-0.3, -0.25) is 0 Å². The number of nitrogens with zero attached hydrogens (tertiary/aromatic N) is 3. The molecule has 0 radical (unpaired) electrons. The van der Waals surface area contributed by atoms with Crippen molar-refractivity contribution in [2.45, 2.75) is 12.8 Å². The third-order valence-corrected chi connectivity index (χ3v) is 4.03. The van der Waals surface area contributed by atoms with Gasteiger partial charge in [0.25, 0.3) is 0 Å². The van der Waals surface area contributed by atoms with E-state index in [2.05, 4.69) is 35.8 Å². The van der Waals surface area contributed by atoms with Crippen LogP contribution in [0, 0.1) is 5.41 Å². The molecule has 1 spiro atoms. The predicted octanol–water partition coefficient (Wildman–Crippen LogP) is 0.576. The van der Waals surface area contributed by atoms with Crippen LogP contribution in [0.4, 0.5) is 0 Å². The Labute approximate surface area is 94.0 Å². The fraction of sp³-hybridized carbons (Fsp3) is 1.00. The summed E-state index contributed by atoms with van der Waals surface area (Å²) >= 11 is 0. The van der Waals surface area contributed by atoms with Gasteiger partial charge in [-0.15, -0.1) is 0 Å². The molecular weight excluding hydrogens is 186 g/mol. The average Bonchev–Trinajstić information content (AvgIpc) is 2.14. The highest BCUT2D eigenvalue weighted by Gasteiger charge is 2.43. The average molecular weight is 211 g/mol. The molecule has 3 heteroatoms. The van der Waals surface area contributed by atoms with Crippen LogP contribution in [0.15, 0.2) is 0 Å². The molecule has 15 heavy (non-hydrogen) atoms. The summed E-state index contributed by atoms with van der Waals surface area (Å²) in [7, 11) is 6.56. The second-order valence-corrected chi connectivity index (χ2v) is 5.82. The van der Waals surface area contributed by atoms with E-state index in [-0.39, 0.29) is 0 Å². The van der Waals surface area contributed by atoms with E-state index < -0.39 is 0 Å². The summed E-state index contributed by atoms with van der Waals surface area (Å²) in [6.45, 7) is 7.78. The first-order valence-corrected chi connectivity index (χ1v) is 6.15. The van der Waals surface area contributed by atoms with Crippen LogP contribution < -0.4 is 0 Å². The van der Waals surface area contributed by atoms with E-state index in [1.807, 2.05) is 0 Å². The maximum Gasteiger partial charge on any atom is 0.0110 e. The highest BCUT2D eigenvalue weighted by Crippen LogP contribution is 2.39. The Bertz CT molecular complexity index is 199. The van der Waals surface area contributed by atoms with Crippen molar-refractivity contribution >= 4 is 0 Å². The summed E-state index contributed by atoms with van der Waals surface area (Å²) in [5, 5.41) is 0. The summed E-state index contributed by atoms with van der Waals surface area (Å²) in [5.41, 5.74) is 0.707. The SMILES string of the molecule is CN(C)CCN1CC2(CCN(C)CC2)C1. The summed E-state index contributed by atoms with van der Waals surface area (Å²) in [6.07, 6.45) is 2.84. The van der Waals surface area contributed by atoms with E-state index in [1.54, 1.807) is 0 Å². The highest BCUT2D eigenvalue weighted by molar-refractivity contribution is 4.97. The highest BCUT2D eigenvalue weighted by atomic mass is 15.2. The fourth-order valence-electron chi connectivity index (χ4n) is 2.81. The largest absolute Gasteiger partial charge is 0.308 e. The van der Waals surface area contributed by atoms with Crippen molar-refractivity contribution in [3.8, 4) is 0 Å². The van der Waals surface area contributed by atoms with Crippen LogP contribution >= 0.6 is 0 Å². The van der Waals surface area contributed by atoms with Crippen molar-refractivity contribution in [3.63, 3.8) is 0 Å². The minimum atomic E-state index is 0.707. The van der Waals surface area contributed by atoms with Crippen LogP contribution in [0.2, 0.25) is 0 Å². The van der Waals surface area contributed by atoms with Gasteiger partial charge >= 0.3 is 0 Å². The zero-order chi connectivity index (χ0) is 10.9. The van der Waals surface area contributed by atoms with Crippen LogP contribution in [0.1, 0.15) is 12.8 Å². The molecule has 2 rings (SSSR count). The summed E-state index contributed by atoms with van der Waals surface area (Å²) in [5.74, 6) is 0. The molecular formula is C12H25N3. The van der Waals surface area contributed by atoms with Gasteiger partial charge in [-0.05, 0) is 52.5 Å². The maximum absolute atomic E-state index is 2.62. The van der Waals surface area contributed by atoms with Crippen molar-refractivity contribution in [1.82, 2.24) is 14.7 Å². The Kier molecular flexibility index (Phi) is 3.33. The first kappa shape index (κ1) is 11.4. The number of likely N-dealkylation sites (tertiary alicyclic amines) is 2. The first-order chi connectivity index (χ1) is 7.10. The zero-order valence-electron chi connectivity index (χ0n) is 10.5. The molecule has 0 amide bonds. The molecule has 3 nitrogen and oxygen atoms in total. The van der Waals surface area contributed by atoms with Crippen LogP contribution in [0.3, 0.4) is 0 Å². The molecule has 0 bridgehead atoms. The second kappa shape index (κ2) is 4.40. The Morgan fingerprint density at radius 2 is 1.73 bits per heavy atom. The van der Waals surface area contributed by atoms with Gasteiger partial charge in [-0.1, -0.05) is 0 Å². The van der Waals surface area contributed by atoms with Gasteiger partial charge in [-0.25, -0.2) is 0 Å². The minimum Gasteiger partial charge on any atom is -0.308 e. The number of hydrogen-bond acceptors (Lipinski definition) is 3. The van der Waals surface area contributed by atoms with E-state index >= 15 is 0 Å². The van der Waals surface area contributed by atoms with E-state index in [9.17, 15) is 0 Å². The van der Waals surface area contributed by atoms with Crippen molar-refractivity contribution in [1.29, 1.82) is 0 Å². The number of hydrogen-bond donors (Lipinski definition) is 0. The molecule has 2 aliphatic rings. The Morgan fingerprint density at radius 1 is 1.13 bits per heavy atom. The van der Waals surface area contributed by atoms with Gasteiger partial charge in [-0.2, -0.15) is 0 Å². The topological polar surface area (TPSA) is 9.72 Å². The van der Waals surface area contributed by atoms with E-state index in [0.717, 1.165) is 0 Å². The lowest BCUT2D eigenvalue weighted by Gasteiger charge is -2.54. The molecule has 0 aliphatic carbocycles. The third kappa shape index (κ3) is 2.71. The lowest BCUT2D eigenvalue weighted by Crippen LogP contribution is -2.60. The normalized spacial score (nSPS) is 27.2. The maximum atomic E-state index is 2.62. The predicted molar refractivity (Wildman–Crippen MR) is 64.2 cm³/mol. The smallest absolute Gasteiger partial charge is 0.0110 e. The molecule has 88 valence electrons. The van der Waals surface area contributed by atoms with Gasteiger partial charge in [0.05, 0.1) is 0 Å². The molecule has 0 unspecified atom stereocenters. The fourth-order valence-corrected chi connectivity index (χ4v) is 2.81. The van der Waals surface area contributed by atoms with Gasteiger partial charge < -0.3 is 14.7 Å². The summed E-state index contributed by atoms with van der Waals surface area (Å²) in [6, 6.07) is 0. The Hall–Kier alpha value is -0.120. The molecule has 2 saturated heterocycles. The van der Waals surface area contributed by atoms with E-state index in [4.69, 9.17) is 0 Å². The molecule has 0 atom stereocenters. The number of likely N-dealkylation sites (N-methyl/N-ethyl adjacent to an activating group) is 1. The van der Waals surface area contributed by atoms with E-state index in [0.29, 0.717) is 5.41 Å². The third-order valence-electron chi connectivity index (χ3n) is 4.03. The van der Waals surface area contributed by atoms with Gasteiger partial charge in [0.15, 0.2) is 0 Å². The zero-order valence-corrected chi connectivity index (χ0v) is 10.5. The molecule has 2 heterocycles. The van der Waals surface area contributed by atoms with Crippen LogP contribution in [-0.2, 0) is 0 Å². The van der Waals surface area contributed by atoms with Crippen molar-refractivity contribution in [3.05, 3.63) is 0 Å². The van der Waals surface area contributed by atoms with Gasteiger partial charge in [0.1, 0.15) is 0 Å². The molecule has 0 aromatic heterocycles. The standard InChI is InChI=1S/C12H25N3/c1-13(2)8-9-15-10-12(11-15)4-6-14(3)7-5-12/h4-11H2,1-3H3. The number of rotatable bonds is 3. The van der Waals surface area contributed by atoms with Crippen LogP contribution in [0.5, 0.6) is 0 Å². The van der Waals surface area contributed by atoms with Crippen LogP contribution in [0.25, 0.3) is 0 Å². The first-order valence-electron chi connectivity index (χ1n) is 6.15. The molecule has 2 aliphatic heterocycles. The van der Waals surface area contributed by atoms with Crippen LogP contribution in [-0.4, -0.2) is 75.1 Å². The van der Waals surface area contributed by atoms with E-state index in [1.165, 1.54) is 52.1 Å². The molecule has 0 aromatic carbocycles. The summed E-state index contributed by atoms with van der Waals surface area (Å²) < 4.78 is 0. The Balaban J connectivity index is 1.68. The second-order valence-electron chi connectivity index (χ2n) is 5.82. The molecule has 0 aromatic rings. The lowest BCUT2D eigenvalue weighted by atomic mass is 9.72. The molecule has 0 N–H and O–H groups in total.